The van der Waals surface area contributed by atoms with Gasteiger partial charge in [-0.05, 0) is 43.7 Å². The Morgan fingerprint density at radius 2 is 1.76 bits per heavy atom. The minimum atomic E-state index is -3.83. The molecule has 0 radical (unpaired) electrons. The molecule has 9 heteroatoms. The first-order valence-electron chi connectivity index (χ1n) is 8.72. The van der Waals surface area contributed by atoms with Crippen LogP contribution in [-0.2, 0) is 19.6 Å². The largest absolute Gasteiger partial charge is 0.495 e. The summed E-state index contributed by atoms with van der Waals surface area (Å²) in [7, 11) is -1.18. The Morgan fingerprint density at radius 1 is 1.10 bits per heavy atom. The third kappa shape index (κ3) is 5.05. The number of hydrogen-bond donors (Lipinski definition) is 1. The van der Waals surface area contributed by atoms with Crippen molar-refractivity contribution >= 4 is 33.3 Å². The molecule has 0 spiro atoms. The predicted octanol–water partition coefficient (Wildman–Crippen LogP) is 2.58. The molecule has 0 heterocycles. The molecule has 0 aliphatic carbocycles. The minimum absolute atomic E-state index is 0.162. The van der Waals surface area contributed by atoms with Gasteiger partial charge in [0.1, 0.15) is 11.8 Å². The first-order chi connectivity index (χ1) is 13.6. The Morgan fingerprint density at radius 3 is 2.34 bits per heavy atom. The van der Waals surface area contributed by atoms with Crippen LogP contribution in [-0.4, -0.2) is 46.8 Å². The number of carbonyl (C=O) groups is 2. The fourth-order valence-corrected chi connectivity index (χ4v) is 4.04. The average Bonchev–Trinajstić information content (AvgIpc) is 2.67. The summed E-state index contributed by atoms with van der Waals surface area (Å²) in [6, 6.07) is 10.2. The van der Waals surface area contributed by atoms with E-state index in [0.717, 1.165) is 16.1 Å². The highest BCUT2D eigenvalue weighted by Crippen LogP contribution is 2.33. The monoisotopic (exact) mass is 420 g/mol. The van der Waals surface area contributed by atoms with E-state index < -0.39 is 27.9 Å². The van der Waals surface area contributed by atoms with Crippen LogP contribution in [0.3, 0.4) is 0 Å². The number of nitrogens with zero attached hydrogens (tertiary/aromatic N) is 1. The van der Waals surface area contributed by atoms with Gasteiger partial charge in [0.05, 0.1) is 37.4 Å². The number of amides is 1. The van der Waals surface area contributed by atoms with Crippen LogP contribution in [0, 0.1) is 6.92 Å². The number of benzene rings is 2. The standard InChI is InChI=1S/C20H24N2O6S/c1-13-10-11-18(27-3)17(12-13)22(29(5,25)26)14(2)19(23)21-16-9-7-6-8-15(16)20(24)28-4/h6-12,14H,1-5H3,(H,21,23)/t14-/m1/s1. The third-order valence-electron chi connectivity index (χ3n) is 4.25. The molecule has 0 aliphatic heterocycles. The number of rotatable bonds is 7. The van der Waals surface area contributed by atoms with E-state index in [2.05, 4.69) is 5.32 Å². The zero-order valence-corrected chi connectivity index (χ0v) is 17.7. The lowest BCUT2D eigenvalue weighted by atomic mass is 10.1. The molecule has 0 fully saturated rings. The number of esters is 1. The first-order valence-corrected chi connectivity index (χ1v) is 10.6. The smallest absolute Gasteiger partial charge is 0.339 e. The second-order valence-corrected chi connectivity index (χ2v) is 8.30. The second-order valence-electron chi connectivity index (χ2n) is 6.44. The SMILES string of the molecule is COC(=O)c1ccccc1NC(=O)[C@@H](C)N(c1cc(C)ccc1OC)S(C)(=O)=O. The summed E-state index contributed by atoms with van der Waals surface area (Å²) < 4.78 is 36.1. The van der Waals surface area contributed by atoms with Gasteiger partial charge in [0.2, 0.25) is 15.9 Å². The summed E-state index contributed by atoms with van der Waals surface area (Å²) in [6.45, 7) is 3.26. The molecular weight excluding hydrogens is 396 g/mol. The van der Waals surface area contributed by atoms with Crippen LogP contribution in [0.2, 0.25) is 0 Å². The van der Waals surface area contributed by atoms with Crippen molar-refractivity contribution in [2.24, 2.45) is 0 Å². The molecule has 0 saturated carbocycles. The van der Waals surface area contributed by atoms with E-state index in [-0.39, 0.29) is 16.9 Å². The minimum Gasteiger partial charge on any atom is -0.495 e. The molecule has 2 aromatic carbocycles. The van der Waals surface area contributed by atoms with Crippen LogP contribution in [0.15, 0.2) is 42.5 Å². The summed E-state index contributed by atoms with van der Waals surface area (Å²) in [5, 5.41) is 2.61. The molecule has 2 aromatic rings. The van der Waals surface area contributed by atoms with Crippen molar-refractivity contribution in [2.45, 2.75) is 19.9 Å². The topological polar surface area (TPSA) is 102 Å². The number of anilines is 2. The number of hydrogen-bond acceptors (Lipinski definition) is 6. The summed E-state index contributed by atoms with van der Waals surface area (Å²) in [6.07, 6.45) is 1.01. The van der Waals surface area contributed by atoms with Gasteiger partial charge in [-0.1, -0.05) is 18.2 Å². The van der Waals surface area contributed by atoms with Gasteiger partial charge >= 0.3 is 5.97 Å². The maximum absolute atomic E-state index is 12.9. The highest BCUT2D eigenvalue weighted by Gasteiger charge is 2.32. The van der Waals surface area contributed by atoms with Crippen LogP contribution < -0.4 is 14.4 Å². The van der Waals surface area contributed by atoms with Crippen molar-refractivity contribution in [2.75, 3.05) is 30.1 Å². The quantitative estimate of drug-likeness (QED) is 0.691. The van der Waals surface area contributed by atoms with E-state index in [1.54, 1.807) is 37.3 Å². The molecule has 0 unspecified atom stereocenters. The lowest BCUT2D eigenvalue weighted by Crippen LogP contribution is -2.45. The normalized spacial score (nSPS) is 12.0. The van der Waals surface area contributed by atoms with Gasteiger partial charge in [0.25, 0.3) is 0 Å². The Hall–Kier alpha value is -3.07. The summed E-state index contributed by atoms with van der Waals surface area (Å²) >= 11 is 0. The molecule has 0 aromatic heterocycles. The van der Waals surface area contributed by atoms with Gasteiger partial charge in [-0.2, -0.15) is 0 Å². The van der Waals surface area contributed by atoms with Crippen molar-refractivity contribution in [3.63, 3.8) is 0 Å². The average molecular weight is 420 g/mol. The molecule has 156 valence electrons. The number of aryl methyl sites for hydroxylation is 1. The summed E-state index contributed by atoms with van der Waals surface area (Å²) in [4.78, 5) is 24.8. The molecule has 1 N–H and O–H groups in total. The molecule has 8 nitrogen and oxygen atoms in total. The van der Waals surface area contributed by atoms with E-state index in [0.29, 0.717) is 5.75 Å². The Labute approximate surface area is 170 Å². The summed E-state index contributed by atoms with van der Waals surface area (Å²) in [5.74, 6) is -0.917. The highest BCUT2D eigenvalue weighted by atomic mass is 32.2. The van der Waals surface area contributed by atoms with E-state index in [1.807, 2.05) is 0 Å². The Balaban J connectivity index is 2.44. The number of sulfonamides is 1. The van der Waals surface area contributed by atoms with Gasteiger partial charge in [0, 0.05) is 0 Å². The molecule has 1 amide bonds. The van der Waals surface area contributed by atoms with E-state index in [4.69, 9.17) is 9.47 Å². The van der Waals surface area contributed by atoms with E-state index >= 15 is 0 Å². The molecule has 0 saturated heterocycles. The fourth-order valence-electron chi connectivity index (χ4n) is 2.87. The van der Waals surface area contributed by atoms with Crippen molar-refractivity contribution < 1.29 is 27.5 Å². The highest BCUT2D eigenvalue weighted by molar-refractivity contribution is 7.92. The van der Waals surface area contributed by atoms with Crippen LogP contribution in [0.4, 0.5) is 11.4 Å². The van der Waals surface area contributed by atoms with Gasteiger partial charge in [0.15, 0.2) is 0 Å². The number of para-hydroxylation sites is 1. The van der Waals surface area contributed by atoms with Crippen LogP contribution in [0.5, 0.6) is 5.75 Å². The number of ether oxygens (including phenoxy) is 2. The Bertz CT molecular complexity index is 1020. The fraction of sp³-hybridized carbons (Fsp3) is 0.300. The Kier molecular flexibility index (Phi) is 6.86. The zero-order valence-electron chi connectivity index (χ0n) is 16.9. The van der Waals surface area contributed by atoms with Gasteiger partial charge < -0.3 is 14.8 Å². The molecule has 1 atom stereocenters. The lowest BCUT2D eigenvalue weighted by Gasteiger charge is -2.29. The second kappa shape index (κ2) is 8.95. The van der Waals surface area contributed by atoms with Crippen LogP contribution in [0.25, 0.3) is 0 Å². The summed E-state index contributed by atoms with van der Waals surface area (Å²) in [5.41, 5.74) is 1.44. The first kappa shape index (κ1) is 22.2. The van der Waals surface area contributed by atoms with Crippen molar-refractivity contribution in [1.29, 1.82) is 0 Å². The van der Waals surface area contributed by atoms with Crippen LogP contribution in [0.1, 0.15) is 22.8 Å². The van der Waals surface area contributed by atoms with Crippen LogP contribution >= 0.6 is 0 Å². The maximum atomic E-state index is 12.9. The number of carbonyl (C=O) groups excluding carboxylic acids is 2. The predicted molar refractivity (Wildman–Crippen MR) is 111 cm³/mol. The van der Waals surface area contributed by atoms with Crippen molar-refractivity contribution in [3.8, 4) is 5.75 Å². The van der Waals surface area contributed by atoms with Gasteiger partial charge in [-0.25, -0.2) is 13.2 Å². The molecular formula is C20H24N2O6S. The van der Waals surface area contributed by atoms with Gasteiger partial charge in [-0.15, -0.1) is 0 Å². The molecule has 29 heavy (non-hydrogen) atoms. The van der Waals surface area contributed by atoms with Crippen molar-refractivity contribution in [3.05, 3.63) is 53.6 Å². The lowest BCUT2D eigenvalue weighted by molar-refractivity contribution is -0.116. The van der Waals surface area contributed by atoms with E-state index in [9.17, 15) is 18.0 Å². The molecule has 0 bridgehead atoms. The number of methoxy groups -OCH3 is 2. The zero-order chi connectivity index (χ0) is 21.8. The van der Waals surface area contributed by atoms with Crippen molar-refractivity contribution in [1.82, 2.24) is 0 Å². The number of nitrogens with one attached hydrogen (secondary N) is 1. The maximum Gasteiger partial charge on any atom is 0.339 e. The van der Waals surface area contributed by atoms with Gasteiger partial charge in [-0.3, -0.25) is 9.10 Å². The molecule has 2 rings (SSSR count). The molecule has 0 aliphatic rings. The van der Waals surface area contributed by atoms with E-state index in [1.165, 1.54) is 33.3 Å². The third-order valence-corrected chi connectivity index (χ3v) is 5.48.